The third kappa shape index (κ3) is 4.46. The van der Waals surface area contributed by atoms with Crippen LogP contribution in [0.4, 0.5) is 10.1 Å². The number of nitro groups is 1. The monoisotopic (exact) mass is 509 g/mol. The predicted octanol–water partition coefficient (Wildman–Crippen LogP) is 4.27. The summed E-state index contributed by atoms with van der Waals surface area (Å²) in [4.78, 5) is 64.1. The number of alkyl halides is 1. The molecule has 1 atom stereocenters. The number of Topliss-reactive ketones (excluding diaryl/α,β-unsaturated/α-hetero) is 1. The van der Waals surface area contributed by atoms with Crippen LogP contribution >= 0.6 is 11.6 Å². The van der Waals surface area contributed by atoms with E-state index in [2.05, 4.69) is 0 Å². The Kier molecular flexibility index (Phi) is 6.89. The van der Waals surface area contributed by atoms with Crippen LogP contribution in [-0.4, -0.2) is 50.4 Å². The van der Waals surface area contributed by atoms with Crippen LogP contribution in [0.1, 0.15) is 47.9 Å². The second-order valence-corrected chi connectivity index (χ2v) is 8.16. The zero-order chi connectivity index (χ0) is 26.0. The van der Waals surface area contributed by atoms with Crippen LogP contribution in [0.25, 0.3) is 0 Å². The lowest BCUT2D eigenvalue weighted by atomic mass is 10.0. The molecular weight excluding hydrogens is 493 g/mol. The molecule has 0 radical (unpaired) electrons. The SMILES string of the molecule is O=C(c1ccc(F)cc1)[C@@H](CCCl)N(C(=O)c1ccc([N+](=O)[O-])cc1)N1C(=O)c2ccccc2C1=O. The van der Waals surface area contributed by atoms with Crippen molar-refractivity contribution in [2.45, 2.75) is 12.5 Å². The van der Waals surface area contributed by atoms with Crippen LogP contribution < -0.4 is 0 Å². The van der Waals surface area contributed by atoms with Crippen molar-refractivity contribution < 1.29 is 28.5 Å². The first-order valence-electron chi connectivity index (χ1n) is 10.7. The van der Waals surface area contributed by atoms with Gasteiger partial charge in [-0.2, -0.15) is 5.01 Å². The van der Waals surface area contributed by atoms with Gasteiger partial charge in [-0.05, 0) is 55.0 Å². The molecule has 0 saturated carbocycles. The molecule has 0 spiro atoms. The third-order valence-electron chi connectivity index (χ3n) is 5.63. The average molecular weight is 510 g/mol. The van der Waals surface area contributed by atoms with Gasteiger partial charge in [-0.15, -0.1) is 11.6 Å². The van der Waals surface area contributed by atoms with Gasteiger partial charge in [0.05, 0.1) is 16.1 Å². The van der Waals surface area contributed by atoms with Crippen LogP contribution in [0, 0.1) is 15.9 Å². The Morgan fingerprint density at radius 2 is 1.44 bits per heavy atom. The maximum Gasteiger partial charge on any atom is 0.280 e. The maximum atomic E-state index is 13.7. The molecule has 0 fully saturated rings. The minimum absolute atomic E-state index is 0.0321. The van der Waals surface area contributed by atoms with E-state index in [1.165, 1.54) is 24.3 Å². The van der Waals surface area contributed by atoms with Crippen LogP contribution in [0.2, 0.25) is 0 Å². The average Bonchev–Trinajstić information content (AvgIpc) is 3.13. The van der Waals surface area contributed by atoms with Gasteiger partial charge in [0.2, 0.25) is 0 Å². The number of rotatable bonds is 8. The van der Waals surface area contributed by atoms with Gasteiger partial charge >= 0.3 is 0 Å². The molecule has 36 heavy (non-hydrogen) atoms. The zero-order valence-electron chi connectivity index (χ0n) is 18.5. The molecule has 0 saturated heterocycles. The van der Waals surface area contributed by atoms with Gasteiger partial charge in [-0.25, -0.2) is 9.40 Å². The number of hydrogen-bond acceptors (Lipinski definition) is 6. The largest absolute Gasteiger partial charge is 0.292 e. The highest BCUT2D eigenvalue weighted by Gasteiger charge is 2.46. The number of benzene rings is 3. The Bertz CT molecular complexity index is 1340. The molecular formula is C25H17ClFN3O6. The van der Waals surface area contributed by atoms with E-state index in [4.69, 9.17) is 11.6 Å². The number of hydrazine groups is 1. The molecule has 0 aromatic heterocycles. The van der Waals surface area contributed by atoms with E-state index in [-0.39, 0.29) is 40.2 Å². The van der Waals surface area contributed by atoms with Crippen LogP contribution in [-0.2, 0) is 0 Å². The van der Waals surface area contributed by atoms with E-state index >= 15 is 0 Å². The van der Waals surface area contributed by atoms with Gasteiger partial charge in [0, 0.05) is 29.1 Å². The Balaban J connectivity index is 1.83. The fraction of sp³-hybridized carbons (Fsp3) is 0.120. The lowest BCUT2D eigenvalue weighted by Gasteiger charge is -2.35. The predicted molar refractivity (Wildman–Crippen MR) is 126 cm³/mol. The number of non-ortho nitro benzene ring substituents is 1. The van der Waals surface area contributed by atoms with E-state index in [1.54, 1.807) is 12.1 Å². The Morgan fingerprint density at radius 3 is 1.94 bits per heavy atom. The van der Waals surface area contributed by atoms with E-state index in [0.29, 0.717) is 5.01 Å². The van der Waals surface area contributed by atoms with Crippen molar-refractivity contribution in [2.24, 2.45) is 0 Å². The number of halogens is 2. The molecule has 0 unspecified atom stereocenters. The van der Waals surface area contributed by atoms with Gasteiger partial charge in [0.15, 0.2) is 5.78 Å². The van der Waals surface area contributed by atoms with Crippen molar-refractivity contribution in [3.63, 3.8) is 0 Å². The number of carbonyl (C=O) groups excluding carboxylic acids is 4. The van der Waals surface area contributed by atoms with Crippen molar-refractivity contribution in [2.75, 3.05) is 5.88 Å². The summed E-state index contributed by atoms with van der Waals surface area (Å²) in [7, 11) is 0. The van der Waals surface area contributed by atoms with Gasteiger partial charge in [0.25, 0.3) is 23.4 Å². The molecule has 0 bridgehead atoms. The normalized spacial score (nSPS) is 13.3. The van der Waals surface area contributed by atoms with E-state index < -0.39 is 40.3 Å². The summed E-state index contributed by atoms with van der Waals surface area (Å²) in [5, 5.41) is 12.4. The summed E-state index contributed by atoms with van der Waals surface area (Å²) in [6.07, 6.45) is -0.149. The fourth-order valence-electron chi connectivity index (χ4n) is 3.88. The van der Waals surface area contributed by atoms with Crippen LogP contribution in [0.5, 0.6) is 0 Å². The number of nitro benzene ring substituents is 1. The summed E-state index contributed by atoms with van der Waals surface area (Å²) >= 11 is 5.96. The Morgan fingerprint density at radius 1 is 0.917 bits per heavy atom. The molecule has 3 amide bonds. The first kappa shape index (κ1) is 24.7. The molecule has 1 heterocycles. The number of nitrogens with zero attached hydrogens (tertiary/aromatic N) is 3. The summed E-state index contributed by atoms with van der Waals surface area (Å²) in [5.74, 6) is -3.95. The highest BCUT2D eigenvalue weighted by Crippen LogP contribution is 2.29. The van der Waals surface area contributed by atoms with Crippen molar-refractivity contribution in [1.82, 2.24) is 10.0 Å². The molecule has 11 heteroatoms. The van der Waals surface area contributed by atoms with Gasteiger partial charge in [-0.3, -0.25) is 29.3 Å². The zero-order valence-corrected chi connectivity index (χ0v) is 19.2. The number of hydrogen-bond donors (Lipinski definition) is 0. The van der Waals surface area contributed by atoms with Gasteiger partial charge in [-0.1, -0.05) is 12.1 Å². The van der Waals surface area contributed by atoms with Crippen LogP contribution in [0.3, 0.4) is 0 Å². The fourth-order valence-corrected chi connectivity index (χ4v) is 4.08. The molecule has 9 nitrogen and oxygen atoms in total. The second-order valence-electron chi connectivity index (χ2n) is 7.79. The van der Waals surface area contributed by atoms with Crippen molar-refractivity contribution in [1.29, 1.82) is 0 Å². The third-order valence-corrected chi connectivity index (χ3v) is 5.85. The van der Waals surface area contributed by atoms with Crippen LogP contribution in [0.15, 0.2) is 72.8 Å². The number of imide groups is 1. The first-order chi connectivity index (χ1) is 17.2. The summed E-state index contributed by atoms with van der Waals surface area (Å²) in [6, 6.07) is 13.6. The molecule has 1 aliphatic rings. The number of carbonyl (C=O) groups is 4. The molecule has 1 aliphatic heterocycles. The highest BCUT2D eigenvalue weighted by atomic mass is 35.5. The summed E-state index contributed by atoms with van der Waals surface area (Å²) in [6.45, 7) is 0. The Hall–Kier alpha value is -4.44. The Labute approximate surface area is 208 Å². The second kappa shape index (κ2) is 10.0. The van der Waals surface area contributed by atoms with E-state index in [9.17, 15) is 33.7 Å². The molecule has 182 valence electrons. The lowest BCUT2D eigenvalue weighted by molar-refractivity contribution is -0.384. The van der Waals surface area contributed by atoms with E-state index in [0.717, 1.165) is 41.4 Å². The molecule has 3 aromatic carbocycles. The van der Waals surface area contributed by atoms with Crippen molar-refractivity contribution in [3.8, 4) is 0 Å². The standard InChI is InChI=1S/C25H17ClFN3O6/c26-14-13-21(22(31)15-5-9-17(27)10-6-15)28(23(32)16-7-11-18(12-8-16)30(35)36)29-24(33)19-3-1-2-4-20(19)25(29)34/h1-12,21H,13-14H2/t21-/m1/s1. The number of fused-ring (bicyclic) bond motifs is 1. The van der Waals surface area contributed by atoms with Crippen molar-refractivity contribution in [3.05, 3.63) is 111 Å². The molecule has 4 rings (SSSR count). The quantitative estimate of drug-likeness (QED) is 0.147. The van der Waals surface area contributed by atoms with Gasteiger partial charge in [0.1, 0.15) is 11.9 Å². The number of ketones is 1. The smallest absolute Gasteiger partial charge is 0.280 e. The van der Waals surface area contributed by atoms with Gasteiger partial charge < -0.3 is 0 Å². The molecule has 3 aromatic rings. The lowest BCUT2D eigenvalue weighted by Crippen LogP contribution is -2.57. The minimum Gasteiger partial charge on any atom is -0.292 e. The molecule has 0 N–H and O–H groups in total. The summed E-state index contributed by atoms with van der Waals surface area (Å²) in [5.41, 5.74) is -0.266. The summed E-state index contributed by atoms with van der Waals surface area (Å²) < 4.78 is 13.5. The number of amides is 3. The van der Waals surface area contributed by atoms with E-state index in [1.807, 2.05) is 0 Å². The minimum atomic E-state index is -1.42. The highest BCUT2D eigenvalue weighted by molar-refractivity contribution is 6.22. The topological polar surface area (TPSA) is 118 Å². The maximum absolute atomic E-state index is 13.7. The molecule has 0 aliphatic carbocycles. The van der Waals surface area contributed by atoms with Crippen molar-refractivity contribution >= 4 is 40.8 Å². The first-order valence-corrected chi connectivity index (χ1v) is 11.2.